The number of nitrogens with one attached hydrogen (secondary N) is 1. The predicted octanol–water partition coefficient (Wildman–Crippen LogP) is 4.88. The number of aliphatic hydroxyl groups excluding tert-OH is 1. The fourth-order valence-corrected chi connectivity index (χ4v) is 5.69. The molecule has 2 N–H and O–H groups in total. The van der Waals surface area contributed by atoms with E-state index in [0.29, 0.717) is 44.0 Å². The van der Waals surface area contributed by atoms with Crippen molar-refractivity contribution in [2.24, 2.45) is 0 Å². The van der Waals surface area contributed by atoms with E-state index in [0.717, 1.165) is 24.4 Å². The number of hydrogen-bond acceptors (Lipinski definition) is 11. The van der Waals surface area contributed by atoms with Crippen LogP contribution in [0.1, 0.15) is 68.0 Å². The van der Waals surface area contributed by atoms with E-state index in [9.17, 15) is 23.6 Å². The van der Waals surface area contributed by atoms with Gasteiger partial charge in [0.05, 0.1) is 28.4 Å². The summed E-state index contributed by atoms with van der Waals surface area (Å²) in [4.78, 5) is 58.3. The lowest BCUT2D eigenvalue weighted by molar-refractivity contribution is -0.194. The van der Waals surface area contributed by atoms with Gasteiger partial charge in [-0.2, -0.15) is 5.10 Å². The van der Waals surface area contributed by atoms with Crippen molar-refractivity contribution in [1.82, 2.24) is 20.0 Å². The van der Waals surface area contributed by atoms with Crippen molar-refractivity contribution in [3.8, 4) is 5.75 Å². The number of benzene rings is 2. The van der Waals surface area contributed by atoms with Crippen LogP contribution in [0, 0.1) is 5.82 Å². The Morgan fingerprint density at radius 3 is 2.04 bits per heavy atom. The van der Waals surface area contributed by atoms with E-state index >= 15 is 0 Å². The lowest BCUT2D eigenvalue weighted by atomic mass is 9.92. The van der Waals surface area contributed by atoms with E-state index in [-0.39, 0.29) is 29.0 Å². The largest absolute Gasteiger partial charge is 0.458 e. The standard InChI is InChI=1S/C35H40Cl2FN5O8/c1-33(2,3)50-31(47)35(32(48)51-34(4,5)6,27-24(36)11-12-25(38)28(27)37)49-23-19-26(41-39-20-23)29(45)40-22-9-7-21(8-10-22)30(46)43-15-13-42(14-16-43)17-18-44/h7-12,19-20,44H,13-18H2,1-6H3,(H,40,45). The van der Waals surface area contributed by atoms with E-state index < -0.39 is 51.1 Å². The minimum atomic E-state index is -2.94. The molecule has 0 aliphatic carbocycles. The topological polar surface area (TPSA) is 160 Å². The quantitative estimate of drug-likeness (QED) is 0.165. The molecule has 3 aromatic rings. The van der Waals surface area contributed by atoms with Crippen LogP contribution in [-0.2, 0) is 24.7 Å². The highest BCUT2D eigenvalue weighted by Crippen LogP contribution is 2.42. The number of amides is 2. The van der Waals surface area contributed by atoms with Crippen molar-refractivity contribution < 1.29 is 42.9 Å². The number of ether oxygens (including phenoxy) is 3. The zero-order valence-electron chi connectivity index (χ0n) is 29.1. The molecule has 1 aliphatic rings. The molecule has 2 heterocycles. The number of anilines is 1. The normalized spacial score (nSPS) is 14.1. The summed E-state index contributed by atoms with van der Waals surface area (Å²) in [7, 11) is 0. The summed E-state index contributed by atoms with van der Waals surface area (Å²) in [6.07, 6.45) is 1.02. The fourth-order valence-electron chi connectivity index (χ4n) is 5.05. The summed E-state index contributed by atoms with van der Waals surface area (Å²) < 4.78 is 32.2. The minimum absolute atomic E-state index is 0.0572. The fraction of sp³-hybridized carbons (Fsp3) is 0.429. The number of hydrogen-bond donors (Lipinski definition) is 2. The smallest absolute Gasteiger partial charge is 0.368 e. The molecule has 13 nitrogen and oxygen atoms in total. The lowest BCUT2D eigenvalue weighted by Crippen LogP contribution is -2.54. The van der Waals surface area contributed by atoms with Crippen molar-refractivity contribution in [3.05, 3.63) is 81.3 Å². The van der Waals surface area contributed by atoms with E-state index in [1.54, 1.807) is 70.7 Å². The summed E-state index contributed by atoms with van der Waals surface area (Å²) in [5.41, 5.74) is -5.44. The molecule has 274 valence electrons. The maximum Gasteiger partial charge on any atom is 0.368 e. The first-order valence-corrected chi connectivity index (χ1v) is 16.8. The van der Waals surface area contributed by atoms with Crippen molar-refractivity contribution in [2.75, 3.05) is 44.6 Å². The van der Waals surface area contributed by atoms with E-state index in [1.807, 2.05) is 0 Å². The number of halogens is 3. The molecule has 16 heteroatoms. The molecule has 51 heavy (non-hydrogen) atoms. The van der Waals surface area contributed by atoms with Crippen molar-refractivity contribution in [2.45, 2.75) is 58.3 Å². The van der Waals surface area contributed by atoms with E-state index in [4.69, 9.17) is 42.5 Å². The van der Waals surface area contributed by atoms with Gasteiger partial charge in [-0.15, -0.1) is 5.10 Å². The van der Waals surface area contributed by atoms with Crippen LogP contribution in [0.15, 0.2) is 48.7 Å². The molecule has 0 atom stereocenters. The van der Waals surface area contributed by atoms with Crippen LogP contribution in [0.5, 0.6) is 5.75 Å². The Morgan fingerprint density at radius 1 is 0.902 bits per heavy atom. The minimum Gasteiger partial charge on any atom is -0.458 e. The highest BCUT2D eigenvalue weighted by atomic mass is 35.5. The van der Waals surface area contributed by atoms with Crippen LogP contribution in [0.3, 0.4) is 0 Å². The number of piperazine rings is 1. The Morgan fingerprint density at radius 2 is 1.49 bits per heavy atom. The molecule has 0 bridgehead atoms. The Labute approximate surface area is 305 Å². The van der Waals surface area contributed by atoms with Crippen molar-refractivity contribution >= 4 is 52.6 Å². The number of carbonyl (C=O) groups is 4. The third-order valence-corrected chi connectivity index (χ3v) is 8.05. The molecule has 4 rings (SSSR count). The van der Waals surface area contributed by atoms with Gasteiger partial charge in [-0.3, -0.25) is 14.5 Å². The highest BCUT2D eigenvalue weighted by Gasteiger charge is 2.58. The van der Waals surface area contributed by atoms with Crippen LogP contribution in [-0.4, -0.2) is 99.4 Å². The third-order valence-electron chi connectivity index (χ3n) is 7.37. The first-order valence-electron chi connectivity index (χ1n) is 16.0. The average molecular weight is 749 g/mol. The Balaban J connectivity index is 1.64. The summed E-state index contributed by atoms with van der Waals surface area (Å²) in [5.74, 6) is -4.94. The van der Waals surface area contributed by atoms with E-state index in [2.05, 4.69) is 20.4 Å². The first kappa shape index (κ1) is 39.4. The maximum absolute atomic E-state index is 15.0. The molecule has 0 unspecified atom stereocenters. The summed E-state index contributed by atoms with van der Waals surface area (Å²) >= 11 is 12.8. The number of esters is 2. The number of carbonyl (C=O) groups excluding carboxylic acids is 4. The molecule has 1 saturated heterocycles. The molecule has 2 aromatic carbocycles. The zero-order valence-corrected chi connectivity index (χ0v) is 30.6. The second kappa shape index (κ2) is 15.9. The second-order valence-electron chi connectivity index (χ2n) is 13.7. The van der Waals surface area contributed by atoms with Gasteiger partial charge in [-0.1, -0.05) is 23.2 Å². The van der Waals surface area contributed by atoms with Gasteiger partial charge in [0.2, 0.25) is 0 Å². The van der Waals surface area contributed by atoms with Crippen molar-refractivity contribution in [1.29, 1.82) is 0 Å². The van der Waals surface area contributed by atoms with Crippen LogP contribution in [0.25, 0.3) is 0 Å². The van der Waals surface area contributed by atoms with Crippen molar-refractivity contribution in [3.63, 3.8) is 0 Å². The Kier molecular flexibility index (Phi) is 12.3. The lowest BCUT2D eigenvalue weighted by Gasteiger charge is -2.35. The van der Waals surface area contributed by atoms with Gasteiger partial charge in [0.25, 0.3) is 11.8 Å². The molecular formula is C35H40Cl2FN5O8. The van der Waals surface area contributed by atoms with Crippen LogP contribution >= 0.6 is 23.2 Å². The summed E-state index contributed by atoms with van der Waals surface area (Å²) in [6.45, 7) is 12.2. The molecule has 1 fully saturated rings. The Bertz CT molecular complexity index is 1740. The van der Waals surface area contributed by atoms with Gasteiger partial charge >= 0.3 is 17.5 Å². The van der Waals surface area contributed by atoms with Crippen LogP contribution in [0.2, 0.25) is 10.0 Å². The number of nitrogens with zero attached hydrogens (tertiary/aromatic N) is 4. The third kappa shape index (κ3) is 9.70. The molecule has 1 aliphatic heterocycles. The first-order chi connectivity index (χ1) is 23.8. The predicted molar refractivity (Wildman–Crippen MR) is 186 cm³/mol. The van der Waals surface area contributed by atoms with Gasteiger partial charge < -0.3 is 29.5 Å². The number of rotatable bonds is 10. The van der Waals surface area contributed by atoms with Crippen LogP contribution < -0.4 is 10.1 Å². The molecule has 0 spiro atoms. The maximum atomic E-state index is 15.0. The summed E-state index contributed by atoms with van der Waals surface area (Å²) in [5, 5.41) is 18.4. The highest BCUT2D eigenvalue weighted by molar-refractivity contribution is 6.37. The molecule has 2 amide bonds. The monoisotopic (exact) mass is 747 g/mol. The van der Waals surface area contributed by atoms with Gasteiger partial charge in [0.15, 0.2) is 5.69 Å². The summed E-state index contributed by atoms with van der Waals surface area (Å²) in [6, 6.07) is 9.38. The second-order valence-corrected chi connectivity index (χ2v) is 14.5. The van der Waals surface area contributed by atoms with Gasteiger partial charge in [-0.05, 0) is 77.9 Å². The van der Waals surface area contributed by atoms with Gasteiger partial charge in [0, 0.05) is 50.0 Å². The zero-order chi connectivity index (χ0) is 37.7. The number of β-amino-alcohol motifs (C(OH)–C–C–N with tert-alkyl or cyclic N) is 1. The van der Waals surface area contributed by atoms with Crippen LogP contribution in [0.4, 0.5) is 10.1 Å². The molecule has 0 saturated carbocycles. The average Bonchev–Trinajstić information content (AvgIpc) is 3.05. The number of aliphatic hydroxyl groups is 1. The van der Waals surface area contributed by atoms with Gasteiger partial charge in [0.1, 0.15) is 22.8 Å². The SMILES string of the molecule is CC(C)(C)OC(=O)C(Oc1cnnc(C(=O)Nc2ccc(C(=O)N3CCN(CCO)CC3)cc2)c1)(C(=O)OC(C)(C)C)c1c(Cl)ccc(F)c1Cl. The van der Waals surface area contributed by atoms with Gasteiger partial charge in [-0.25, -0.2) is 14.0 Å². The molecule has 0 radical (unpaired) electrons. The van der Waals surface area contributed by atoms with E-state index in [1.165, 1.54) is 0 Å². The number of aromatic nitrogens is 2. The Hall–Kier alpha value is -4.37. The molecular weight excluding hydrogens is 708 g/mol. The molecule has 1 aromatic heterocycles.